The Morgan fingerprint density at radius 2 is 2.22 bits per heavy atom. The molecular formula is C13H20ClN3O. The second-order valence-corrected chi connectivity index (χ2v) is 4.44. The van der Waals surface area contributed by atoms with Gasteiger partial charge in [0.25, 0.3) is 5.91 Å². The summed E-state index contributed by atoms with van der Waals surface area (Å²) < 4.78 is 0. The van der Waals surface area contributed by atoms with Crippen molar-refractivity contribution in [3.05, 3.63) is 29.0 Å². The summed E-state index contributed by atoms with van der Waals surface area (Å²) in [5, 5.41) is 3.22. The highest BCUT2D eigenvalue weighted by Gasteiger charge is 2.06. The Labute approximate surface area is 113 Å². The number of hydrogen-bond acceptors (Lipinski definition) is 3. The van der Waals surface area contributed by atoms with E-state index in [1.165, 1.54) is 6.20 Å². The summed E-state index contributed by atoms with van der Waals surface area (Å²) in [7, 11) is 0. The lowest BCUT2D eigenvalue weighted by Crippen LogP contribution is -2.35. The van der Waals surface area contributed by atoms with Crippen molar-refractivity contribution in [2.75, 3.05) is 26.2 Å². The lowest BCUT2D eigenvalue weighted by atomic mass is 10.2. The van der Waals surface area contributed by atoms with Crippen molar-refractivity contribution in [1.82, 2.24) is 15.2 Å². The average molecular weight is 270 g/mol. The van der Waals surface area contributed by atoms with E-state index >= 15 is 0 Å². The number of amides is 1. The molecule has 0 atom stereocenters. The maximum atomic E-state index is 11.8. The third-order valence-corrected chi connectivity index (χ3v) is 2.90. The first-order valence-electron chi connectivity index (χ1n) is 6.29. The molecule has 5 heteroatoms. The first-order chi connectivity index (χ1) is 8.67. The summed E-state index contributed by atoms with van der Waals surface area (Å²) in [6, 6.07) is 3.23. The Bertz CT molecular complexity index is 384. The Morgan fingerprint density at radius 1 is 1.44 bits per heavy atom. The number of nitrogens with zero attached hydrogens (tertiary/aromatic N) is 2. The number of halogens is 1. The lowest BCUT2D eigenvalue weighted by molar-refractivity contribution is 0.0948. The van der Waals surface area contributed by atoms with Crippen molar-refractivity contribution in [3.63, 3.8) is 0 Å². The predicted octanol–water partition coefficient (Wildman–Crippen LogP) is 2.20. The number of nitrogens with one attached hydrogen (secondary N) is 1. The van der Waals surface area contributed by atoms with Crippen LogP contribution >= 0.6 is 11.6 Å². The number of carbonyl (C=O) groups excluding carboxylic acids is 1. The van der Waals surface area contributed by atoms with Crippen molar-refractivity contribution in [2.24, 2.45) is 0 Å². The van der Waals surface area contributed by atoms with E-state index in [1.807, 2.05) is 0 Å². The fourth-order valence-electron chi connectivity index (χ4n) is 1.72. The van der Waals surface area contributed by atoms with E-state index in [1.54, 1.807) is 12.1 Å². The summed E-state index contributed by atoms with van der Waals surface area (Å²) in [4.78, 5) is 18.0. The highest BCUT2D eigenvalue weighted by molar-refractivity contribution is 6.29. The van der Waals surface area contributed by atoms with Crippen LogP contribution in [0.1, 0.15) is 30.6 Å². The second-order valence-electron chi connectivity index (χ2n) is 4.06. The van der Waals surface area contributed by atoms with Gasteiger partial charge in [0.1, 0.15) is 5.15 Å². The third kappa shape index (κ3) is 5.02. The number of carbonyl (C=O) groups is 1. The maximum Gasteiger partial charge on any atom is 0.251 e. The van der Waals surface area contributed by atoms with E-state index in [9.17, 15) is 4.79 Å². The van der Waals surface area contributed by atoms with Crippen LogP contribution in [0, 0.1) is 0 Å². The van der Waals surface area contributed by atoms with Gasteiger partial charge in [0.05, 0.1) is 0 Å². The maximum absolute atomic E-state index is 11.8. The van der Waals surface area contributed by atoms with Gasteiger partial charge in [-0.15, -0.1) is 0 Å². The van der Waals surface area contributed by atoms with Crippen LogP contribution in [-0.2, 0) is 0 Å². The van der Waals surface area contributed by atoms with E-state index < -0.39 is 0 Å². The molecule has 0 aliphatic heterocycles. The van der Waals surface area contributed by atoms with Crippen molar-refractivity contribution in [3.8, 4) is 0 Å². The molecule has 0 saturated heterocycles. The normalized spacial score (nSPS) is 10.7. The van der Waals surface area contributed by atoms with Crippen LogP contribution in [-0.4, -0.2) is 42.0 Å². The molecule has 1 heterocycles. The first kappa shape index (κ1) is 14.9. The largest absolute Gasteiger partial charge is 0.351 e. The minimum absolute atomic E-state index is 0.105. The number of pyridine rings is 1. The molecule has 4 nitrogen and oxygen atoms in total. The molecule has 0 saturated carbocycles. The zero-order valence-electron chi connectivity index (χ0n) is 10.9. The minimum Gasteiger partial charge on any atom is -0.351 e. The molecule has 0 aliphatic rings. The molecule has 0 aliphatic carbocycles. The topological polar surface area (TPSA) is 45.2 Å². The van der Waals surface area contributed by atoms with Crippen LogP contribution in [0.15, 0.2) is 18.3 Å². The lowest BCUT2D eigenvalue weighted by Gasteiger charge is -2.19. The van der Waals surface area contributed by atoms with Crippen molar-refractivity contribution in [2.45, 2.75) is 20.3 Å². The van der Waals surface area contributed by atoms with E-state index in [2.05, 4.69) is 29.0 Å². The average Bonchev–Trinajstić information content (AvgIpc) is 2.37. The Balaban J connectivity index is 2.37. The molecular weight excluding hydrogens is 250 g/mol. The smallest absolute Gasteiger partial charge is 0.251 e. The fourth-order valence-corrected chi connectivity index (χ4v) is 1.89. The monoisotopic (exact) mass is 269 g/mol. The van der Waals surface area contributed by atoms with E-state index in [0.29, 0.717) is 17.3 Å². The van der Waals surface area contributed by atoms with Gasteiger partial charge < -0.3 is 10.2 Å². The van der Waals surface area contributed by atoms with Gasteiger partial charge in [-0.2, -0.15) is 0 Å². The standard InChI is InChI=1S/C13H20ClN3O/c1-3-8-17(4-2)9-7-16-13(18)11-5-6-15-12(14)10-11/h5-6,10H,3-4,7-9H2,1-2H3,(H,16,18). The van der Waals surface area contributed by atoms with Crippen LogP contribution in [0.5, 0.6) is 0 Å². The van der Waals surface area contributed by atoms with E-state index in [4.69, 9.17) is 11.6 Å². The van der Waals surface area contributed by atoms with Crippen molar-refractivity contribution >= 4 is 17.5 Å². The molecule has 0 spiro atoms. The molecule has 1 aromatic heterocycles. The van der Waals surface area contributed by atoms with E-state index in [0.717, 1.165) is 26.1 Å². The van der Waals surface area contributed by atoms with Crippen molar-refractivity contribution < 1.29 is 4.79 Å². The van der Waals surface area contributed by atoms with Gasteiger partial charge >= 0.3 is 0 Å². The molecule has 18 heavy (non-hydrogen) atoms. The van der Waals surface area contributed by atoms with Gasteiger partial charge in [-0.05, 0) is 31.6 Å². The molecule has 0 radical (unpaired) electrons. The third-order valence-electron chi connectivity index (χ3n) is 2.69. The minimum atomic E-state index is -0.105. The molecule has 1 N–H and O–H groups in total. The summed E-state index contributed by atoms with van der Waals surface area (Å²) in [5.41, 5.74) is 0.550. The van der Waals surface area contributed by atoms with Crippen LogP contribution in [0.3, 0.4) is 0 Å². The molecule has 1 aromatic rings. The van der Waals surface area contributed by atoms with Crippen LogP contribution in [0.25, 0.3) is 0 Å². The van der Waals surface area contributed by atoms with Crippen LogP contribution in [0.4, 0.5) is 0 Å². The summed E-state index contributed by atoms with van der Waals surface area (Å²) in [6.07, 6.45) is 2.66. The number of likely N-dealkylation sites (N-methyl/N-ethyl adjacent to an activating group) is 1. The van der Waals surface area contributed by atoms with Gasteiger partial charge in [-0.1, -0.05) is 25.4 Å². The zero-order valence-corrected chi connectivity index (χ0v) is 11.7. The predicted molar refractivity (Wildman–Crippen MR) is 74.0 cm³/mol. The van der Waals surface area contributed by atoms with Gasteiger partial charge in [0.15, 0.2) is 0 Å². The first-order valence-corrected chi connectivity index (χ1v) is 6.67. The summed E-state index contributed by atoms with van der Waals surface area (Å²) in [6.45, 7) is 7.86. The Hall–Kier alpha value is -1.13. The molecule has 1 amide bonds. The fraction of sp³-hybridized carbons (Fsp3) is 0.538. The molecule has 0 unspecified atom stereocenters. The molecule has 0 fully saturated rings. The highest BCUT2D eigenvalue weighted by Crippen LogP contribution is 2.06. The quantitative estimate of drug-likeness (QED) is 0.772. The molecule has 100 valence electrons. The van der Waals surface area contributed by atoms with Gasteiger partial charge in [0, 0.05) is 24.8 Å². The number of hydrogen-bond donors (Lipinski definition) is 1. The van der Waals surface area contributed by atoms with Crippen LogP contribution < -0.4 is 5.32 Å². The Morgan fingerprint density at radius 3 is 2.83 bits per heavy atom. The van der Waals surface area contributed by atoms with Crippen molar-refractivity contribution in [1.29, 1.82) is 0 Å². The number of rotatable bonds is 7. The zero-order chi connectivity index (χ0) is 13.4. The van der Waals surface area contributed by atoms with Gasteiger partial charge in [-0.3, -0.25) is 4.79 Å². The van der Waals surface area contributed by atoms with Gasteiger partial charge in [-0.25, -0.2) is 4.98 Å². The molecule has 1 rings (SSSR count). The Kier molecular flexibility index (Phi) is 6.68. The van der Waals surface area contributed by atoms with Gasteiger partial charge in [0.2, 0.25) is 0 Å². The molecule has 0 bridgehead atoms. The summed E-state index contributed by atoms with van der Waals surface area (Å²) in [5.74, 6) is -0.105. The second kappa shape index (κ2) is 8.06. The molecule has 0 aromatic carbocycles. The number of aromatic nitrogens is 1. The summed E-state index contributed by atoms with van der Waals surface area (Å²) >= 11 is 5.74. The van der Waals surface area contributed by atoms with E-state index in [-0.39, 0.29) is 5.91 Å². The van der Waals surface area contributed by atoms with Crippen LogP contribution in [0.2, 0.25) is 5.15 Å². The highest BCUT2D eigenvalue weighted by atomic mass is 35.5. The SMILES string of the molecule is CCCN(CC)CCNC(=O)c1ccnc(Cl)c1.